The number of nitrogens with zero attached hydrogens (tertiary/aromatic N) is 1. The molecule has 138 valence electrons. The minimum absolute atomic E-state index is 0.0665. The van der Waals surface area contributed by atoms with Gasteiger partial charge in [-0.2, -0.15) is 0 Å². The van der Waals surface area contributed by atoms with Crippen LogP contribution in [0.3, 0.4) is 0 Å². The van der Waals surface area contributed by atoms with Gasteiger partial charge < -0.3 is 19.0 Å². The van der Waals surface area contributed by atoms with Crippen molar-refractivity contribution in [3.05, 3.63) is 23.3 Å². The third kappa shape index (κ3) is 5.19. The predicted molar refractivity (Wildman–Crippen MR) is 97.2 cm³/mol. The van der Waals surface area contributed by atoms with Crippen LogP contribution in [0.25, 0.3) is 0 Å². The molecule has 0 amide bonds. The van der Waals surface area contributed by atoms with E-state index in [1.54, 1.807) is 14.0 Å². The largest absolute Gasteiger partial charge is 0.493 e. The monoisotopic (exact) mass is 413 g/mol. The first kappa shape index (κ1) is 19.7. The van der Waals surface area contributed by atoms with Crippen LogP contribution in [0.2, 0.25) is 0 Å². The summed E-state index contributed by atoms with van der Waals surface area (Å²) in [6.07, 6.45) is 1.78. The Hall–Kier alpha value is -1.60. The first-order chi connectivity index (χ1) is 12.1. The Morgan fingerprint density at radius 3 is 2.56 bits per heavy atom. The number of benzene rings is 1. The van der Waals surface area contributed by atoms with Gasteiger partial charge in [-0.05, 0) is 36.6 Å². The zero-order valence-corrected chi connectivity index (χ0v) is 16.2. The number of hydrogen-bond donors (Lipinski definition) is 0. The van der Waals surface area contributed by atoms with Gasteiger partial charge in [0.1, 0.15) is 6.29 Å². The average Bonchev–Trinajstić information content (AvgIpc) is 3.02. The molecule has 1 aliphatic rings. The van der Waals surface area contributed by atoms with E-state index in [-0.39, 0.29) is 12.4 Å². The maximum Gasteiger partial charge on any atom is 0.307 e. The second kappa shape index (κ2) is 9.77. The van der Waals surface area contributed by atoms with Crippen molar-refractivity contribution in [1.82, 2.24) is 4.90 Å². The van der Waals surface area contributed by atoms with E-state index in [0.29, 0.717) is 37.8 Å². The van der Waals surface area contributed by atoms with E-state index in [1.807, 2.05) is 17.0 Å². The SMILES string of the molecule is CCOC(=O)CC(C=O)N1Cc2cc(OC)c(OCCCBr)cc2C1. The van der Waals surface area contributed by atoms with Crippen LogP contribution in [0.4, 0.5) is 0 Å². The van der Waals surface area contributed by atoms with Crippen molar-refractivity contribution < 1.29 is 23.8 Å². The van der Waals surface area contributed by atoms with E-state index < -0.39 is 6.04 Å². The number of carbonyl (C=O) groups excluding carboxylic acids is 2. The van der Waals surface area contributed by atoms with Gasteiger partial charge in [-0.1, -0.05) is 15.9 Å². The number of hydrogen-bond acceptors (Lipinski definition) is 6. The predicted octanol–water partition coefficient (Wildman–Crippen LogP) is 2.70. The highest BCUT2D eigenvalue weighted by Crippen LogP contribution is 2.36. The second-order valence-electron chi connectivity index (χ2n) is 5.78. The Morgan fingerprint density at radius 2 is 2.00 bits per heavy atom. The highest BCUT2D eigenvalue weighted by Gasteiger charge is 2.29. The van der Waals surface area contributed by atoms with Gasteiger partial charge in [0, 0.05) is 18.4 Å². The number of aldehydes is 1. The van der Waals surface area contributed by atoms with E-state index in [9.17, 15) is 9.59 Å². The molecule has 7 heteroatoms. The molecule has 6 nitrogen and oxygen atoms in total. The molecule has 1 atom stereocenters. The van der Waals surface area contributed by atoms with Crippen LogP contribution in [0, 0.1) is 0 Å². The highest BCUT2D eigenvalue weighted by atomic mass is 79.9. The molecule has 1 heterocycles. The Morgan fingerprint density at radius 1 is 1.32 bits per heavy atom. The van der Waals surface area contributed by atoms with Crippen molar-refractivity contribution in [3.63, 3.8) is 0 Å². The van der Waals surface area contributed by atoms with Gasteiger partial charge in [-0.15, -0.1) is 0 Å². The van der Waals surface area contributed by atoms with Crippen molar-refractivity contribution in [2.45, 2.75) is 38.9 Å². The van der Waals surface area contributed by atoms with E-state index >= 15 is 0 Å². The summed E-state index contributed by atoms with van der Waals surface area (Å²) in [5, 5.41) is 0.878. The molecule has 0 aliphatic carbocycles. The molecule has 1 aromatic carbocycles. The fourth-order valence-corrected chi connectivity index (χ4v) is 3.06. The zero-order chi connectivity index (χ0) is 18.2. The minimum Gasteiger partial charge on any atom is -0.493 e. The summed E-state index contributed by atoms with van der Waals surface area (Å²) in [6.45, 7) is 3.86. The lowest BCUT2D eigenvalue weighted by molar-refractivity contribution is -0.145. The lowest BCUT2D eigenvalue weighted by atomic mass is 10.1. The molecular weight excluding hydrogens is 390 g/mol. The van der Waals surface area contributed by atoms with E-state index in [1.165, 1.54) is 0 Å². The van der Waals surface area contributed by atoms with Crippen molar-refractivity contribution in [2.75, 3.05) is 25.7 Å². The molecule has 0 aromatic heterocycles. The molecule has 0 fully saturated rings. The first-order valence-corrected chi connectivity index (χ1v) is 9.48. The summed E-state index contributed by atoms with van der Waals surface area (Å²) >= 11 is 3.38. The van der Waals surface area contributed by atoms with Crippen LogP contribution < -0.4 is 9.47 Å². The average molecular weight is 414 g/mol. The van der Waals surface area contributed by atoms with Crippen LogP contribution in [-0.4, -0.2) is 48.9 Å². The number of carbonyl (C=O) groups is 2. The van der Waals surface area contributed by atoms with E-state index in [2.05, 4.69) is 15.9 Å². The van der Waals surface area contributed by atoms with Gasteiger partial charge in [0.15, 0.2) is 11.5 Å². The summed E-state index contributed by atoms with van der Waals surface area (Å²) in [5.74, 6) is 1.03. The smallest absolute Gasteiger partial charge is 0.307 e. The number of esters is 1. The highest BCUT2D eigenvalue weighted by molar-refractivity contribution is 9.09. The van der Waals surface area contributed by atoms with Crippen molar-refractivity contribution >= 4 is 28.2 Å². The normalized spacial score (nSPS) is 14.7. The fourth-order valence-electron chi connectivity index (χ4n) is 2.83. The number of rotatable bonds is 10. The standard InChI is InChI=1S/C18H24BrNO5/c1-3-24-18(22)9-15(12-21)20-10-13-7-16(23-2)17(8-14(13)11-20)25-6-4-5-19/h7-8,12,15H,3-6,9-11H2,1-2H3. The Kier molecular flexibility index (Phi) is 7.71. The molecule has 0 spiro atoms. The maximum atomic E-state index is 11.7. The maximum absolute atomic E-state index is 11.7. The van der Waals surface area contributed by atoms with Gasteiger partial charge in [0.25, 0.3) is 0 Å². The topological polar surface area (TPSA) is 65.1 Å². The summed E-state index contributed by atoms with van der Waals surface area (Å²) in [7, 11) is 1.61. The Balaban J connectivity index is 2.09. The Labute approximate surface area is 156 Å². The molecular formula is C18H24BrNO5. The van der Waals surface area contributed by atoms with Gasteiger partial charge in [-0.3, -0.25) is 9.69 Å². The molecule has 0 saturated heterocycles. The Bertz CT molecular complexity index is 607. The molecule has 0 bridgehead atoms. The number of halogens is 1. The second-order valence-corrected chi connectivity index (χ2v) is 6.57. The van der Waals surface area contributed by atoms with Crippen LogP contribution in [0.1, 0.15) is 30.9 Å². The molecule has 0 radical (unpaired) electrons. The van der Waals surface area contributed by atoms with Crippen LogP contribution >= 0.6 is 15.9 Å². The van der Waals surface area contributed by atoms with Gasteiger partial charge in [-0.25, -0.2) is 0 Å². The quantitative estimate of drug-likeness (QED) is 0.254. The van der Waals surface area contributed by atoms with Gasteiger partial charge in [0.2, 0.25) is 0 Å². The third-order valence-electron chi connectivity index (χ3n) is 4.08. The number of methoxy groups -OCH3 is 1. The molecule has 1 unspecified atom stereocenters. The molecule has 25 heavy (non-hydrogen) atoms. The van der Waals surface area contributed by atoms with Crippen LogP contribution in [-0.2, 0) is 27.4 Å². The summed E-state index contributed by atoms with van der Waals surface area (Å²) in [6, 6.07) is 3.43. The van der Waals surface area contributed by atoms with Crippen molar-refractivity contribution in [1.29, 1.82) is 0 Å². The number of fused-ring (bicyclic) bond motifs is 1. The molecule has 0 saturated carbocycles. The molecule has 1 aliphatic heterocycles. The molecule has 0 N–H and O–H groups in total. The summed E-state index contributed by atoms with van der Waals surface area (Å²) < 4.78 is 16.2. The van der Waals surface area contributed by atoms with Crippen molar-refractivity contribution in [2.24, 2.45) is 0 Å². The number of ether oxygens (including phenoxy) is 3. The summed E-state index contributed by atoms with van der Waals surface area (Å²) in [5.41, 5.74) is 2.17. The number of alkyl halides is 1. The van der Waals surface area contributed by atoms with Crippen LogP contribution in [0.5, 0.6) is 11.5 Å². The lowest BCUT2D eigenvalue weighted by Crippen LogP contribution is -2.34. The van der Waals surface area contributed by atoms with Gasteiger partial charge in [0.05, 0.1) is 32.8 Å². The van der Waals surface area contributed by atoms with E-state index in [0.717, 1.165) is 29.2 Å². The van der Waals surface area contributed by atoms with Crippen LogP contribution in [0.15, 0.2) is 12.1 Å². The lowest BCUT2D eigenvalue weighted by Gasteiger charge is -2.21. The van der Waals surface area contributed by atoms with Crippen molar-refractivity contribution in [3.8, 4) is 11.5 Å². The molecule has 1 aromatic rings. The van der Waals surface area contributed by atoms with E-state index in [4.69, 9.17) is 14.2 Å². The fraction of sp³-hybridized carbons (Fsp3) is 0.556. The zero-order valence-electron chi connectivity index (χ0n) is 14.6. The summed E-state index contributed by atoms with van der Waals surface area (Å²) in [4.78, 5) is 25.1. The van der Waals surface area contributed by atoms with Gasteiger partial charge >= 0.3 is 5.97 Å². The third-order valence-corrected chi connectivity index (χ3v) is 4.64. The minimum atomic E-state index is -0.491. The molecule has 2 rings (SSSR count). The first-order valence-electron chi connectivity index (χ1n) is 8.36.